The minimum atomic E-state index is -0.390. The molecule has 0 unspecified atom stereocenters. The van der Waals surface area contributed by atoms with Gasteiger partial charge in [-0.25, -0.2) is 4.99 Å². The molecule has 29 heavy (non-hydrogen) atoms. The van der Waals surface area contributed by atoms with Gasteiger partial charge >= 0.3 is 0 Å². The van der Waals surface area contributed by atoms with Gasteiger partial charge in [0.05, 0.1) is 22.8 Å². The Morgan fingerprint density at radius 1 is 1.10 bits per heavy atom. The minimum Gasteiger partial charge on any atom is -0.312 e. The predicted octanol–water partition coefficient (Wildman–Crippen LogP) is 5.11. The van der Waals surface area contributed by atoms with Gasteiger partial charge < -0.3 is 4.57 Å². The van der Waals surface area contributed by atoms with Crippen LogP contribution in [-0.2, 0) is 6.54 Å². The van der Waals surface area contributed by atoms with Gasteiger partial charge in [-0.3, -0.25) is 15.1 Å². The molecule has 0 aliphatic carbocycles. The first-order chi connectivity index (χ1) is 14.1. The lowest BCUT2D eigenvalue weighted by atomic mass is 10.1. The van der Waals surface area contributed by atoms with Crippen LogP contribution in [0.15, 0.2) is 83.4 Å². The number of thiazole rings is 1. The van der Waals surface area contributed by atoms with E-state index in [1.807, 2.05) is 54.9 Å². The molecule has 4 aromatic rings. The summed E-state index contributed by atoms with van der Waals surface area (Å²) in [6.07, 6.45) is 3.58. The standard InChI is InChI=1S/C22H18N4O2S/c1-16-4-8-19(9-5-16)24-22-25(14-17-3-2-12-23-13-17)21(15-29-22)18-6-10-20(11-7-18)26(27)28/h2-13,15H,14H2,1H3. The number of nitro benzene ring substituents is 1. The first-order valence-electron chi connectivity index (χ1n) is 9.03. The van der Waals surface area contributed by atoms with E-state index in [-0.39, 0.29) is 10.6 Å². The number of nitrogens with zero attached hydrogens (tertiary/aromatic N) is 4. The molecule has 0 saturated carbocycles. The van der Waals surface area contributed by atoms with E-state index in [1.54, 1.807) is 29.7 Å². The molecule has 2 aromatic heterocycles. The van der Waals surface area contributed by atoms with Crippen molar-refractivity contribution in [2.75, 3.05) is 0 Å². The van der Waals surface area contributed by atoms with Crippen LogP contribution in [0.1, 0.15) is 11.1 Å². The van der Waals surface area contributed by atoms with Crippen molar-refractivity contribution in [2.24, 2.45) is 4.99 Å². The van der Waals surface area contributed by atoms with Crippen LogP contribution in [0.5, 0.6) is 0 Å². The van der Waals surface area contributed by atoms with Crippen molar-refractivity contribution in [1.82, 2.24) is 9.55 Å². The zero-order chi connectivity index (χ0) is 20.2. The normalized spacial score (nSPS) is 11.6. The van der Waals surface area contributed by atoms with E-state index in [0.29, 0.717) is 6.54 Å². The lowest BCUT2D eigenvalue weighted by Gasteiger charge is -2.09. The molecule has 7 heteroatoms. The van der Waals surface area contributed by atoms with Crippen molar-refractivity contribution in [2.45, 2.75) is 13.5 Å². The fraction of sp³-hybridized carbons (Fsp3) is 0.0909. The lowest BCUT2D eigenvalue weighted by molar-refractivity contribution is -0.384. The molecule has 0 N–H and O–H groups in total. The van der Waals surface area contributed by atoms with Crippen LogP contribution in [0.2, 0.25) is 0 Å². The Morgan fingerprint density at radius 3 is 2.52 bits per heavy atom. The quantitative estimate of drug-likeness (QED) is 0.344. The fourth-order valence-corrected chi connectivity index (χ4v) is 3.89. The number of pyridine rings is 1. The minimum absolute atomic E-state index is 0.0763. The highest BCUT2D eigenvalue weighted by Crippen LogP contribution is 2.24. The Morgan fingerprint density at radius 2 is 1.86 bits per heavy atom. The summed E-state index contributed by atoms with van der Waals surface area (Å²) in [7, 11) is 0. The van der Waals surface area contributed by atoms with E-state index in [0.717, 1.165) is 27.3 Å². The van der Waals surface area contributed by atoms with Crippen LogP contribution in [0.3, 0.4) is 0 Å². The van der Waals surface area contributed by atoms with E-state index >= 15 is 0 Å². The van der Waals surface area contributed by atoms with Gasteiger partial charge in [0.15, 0.2) is 4.80 Å². The van der Waals surface area contributed by atoms with Crippen molar-refractivity contribution in [3.8, 4) is 11.3 Å². The SMILES string of the molecule is Cc1ccc(N=c2scc(-c3ccc([N+](=O)[O-])cc3)n2Cc2cccnc2)cc1. The van der Waals surface area contributed by atoms with Crippen molar-refractivity contribution >= 4 is 22.7 Å². The molecule has 0 radical (unpaired) electrons. The molecule has 2 aromatic carbocycles. The molecular weight excluding hydrogens is 384 g/mol. The average Bonchev–Trinajstić information content (AvgIpc) is 3.12. The van der Waals surface area contributed by atoms with E-state index in [4.69, 9.17) is 4.99 Å². The van der Waals surface area contributed by atoms with Gasteiger partial charge in [-0.2, -0.15) is 0 Å². The van der Waals surface area contributed by atoms with E-state index < -0.39 is 0 Å². The number of nitro groups is 1. The Labute approximate surface area is 171 Å². The molecule has 0 aliphatic heterocycles. The van der Waals surface area contributed by atoms with Gasteiger partial charge in [-0.1, -0.05) is 23.8 Å². The third-order valence-electron chi connectivity index (χ3n) is 4.49. The summed E-state index contributed by atoms with van der Waals surface area (Å²) in [5.74, 6) is 0. The number of hydrogen-bond donors (Lipinski definition) is 0. The fourth-order valence-electron chi connectivity index (χ4n) is 2.96. The van der Waals surface area contributed by atoms with Crippen LogP contribution >= 0.6 is 11.3 Å². The Hall–Kier alpha value is -3.58. The Bertz CT molecular complexity index is 1190. The summed E-state index contributed by atoms with van der Waals surface area (Å²) in [6, 6.07) is 18.6. The third kappa shape index (κ3) is 4.30. The second-order valence-corrected chi connectivity index (χ2v) is 7.44. The molecule has 144 valence electrons. The third-order valence-corrected chi connectivity index (χ3v) is 5.36. The van der Waals surface area contributed by atoms with Gasteiger partial charge in [0.2, 0.25) is 0 Å². The number of rotatable bonds is 5. The van der Waals surface area contributed by atoms with Crippen LogP contribution in [0.4, 0.5) is 11.4 Å². The molecule has 0 spiro atoms. The molecule has 0 saturated heterocycles. The summed E-state index contributed by atoms with van der Waals surface area (Å²) in [4.78, 5) is 20.5. The summed E-state index contributed by atoms with van der Waals surface area (Å²) < 4.78 is 2.11. The Balaban J connectivity index is 1.81. The smallest absolute Gasteiger partial charge is 0.269 e. The zero-order valence-electron chi connectivity index (χ0n) is 15.7. The number of benzene rings is 2. The molecule has 4 rings (SSSR count). The average molecular weight is 402 g/mol. The van der Waals surface area contributed by atoms with E-state index in [9.17, 15) is 10.1 Å². The zero-order valence-corrected chi connectivity index (χ0v) is 16.5. The van der Waals surface area contributed by atoms with Crippen molar-refractivity contribution < 1.29 is 4.92 Å². The van der Waals surface area contributed by atoms with Gasteiger partial charge in [0.25, 0.3) is 5.69 Å². The molecule has 0 aliphatic rings. The van der Waals surface area contributed by atoms with Gasteiger partial charge in [0, 0.05) is 29.9 Å². The summed E-state index contributed by atoms with van der Waals surface area (Å²) in [6.45, 7) is 2.65. The second-order valence-electron chi connectivity index (χ2n) is 6.60. The molecule has 0 atom stereocenters. The highest BCUT2D eigenvalue weighted by atomic mass is 32.1. The summed E-state index contributed by atoms with van der Waals surface area (Å²) in [5, 5.41) is 13.0. The van der Waals surface area contributed by atoms with E-state index in [2.05, 4.69) is 9.55 Å². The van der Waals surface area contributed by atoms with Crippen LogP contribution in [0.25, 0.3) is 11.3 Å². The highest BCUT2D eigenvalue weighted by Gasteiger charge is 2.11. The first-order valence-corrected chi connectivity index (χ1v) is 9.91. The van der Waals surface area contributed by atoms with E-state index in [1.165, 1.54) is 17.7 Å². The monoisotopic (exact) mass is 402 g/mol. The number of aromatic nitrogens is 2. The maximum atomic E-state index is 11.0. The predicted molar refractivity (Wildman–Crippen MR) is 114 cm³/mol. The van der Waals surface area contributed by atoms with Gasteiger partial charge in [-0.15, -0.1) is 11.3 Å². The Kier molecular flexibility index (Phi) is 5.31. The summed E-state index contributed by atoms with van der Waals surface area (Å²) in [5.41, 5.74) is 5.06. The van der Waals surface area contributed by atoms with Crippen molar-refractivity contribution in [3.05, 3.63) is 104 Å². The van der Waals surface area contributed by atoms with Gasteiger partial charge in [-0.05, 0) is 48.4 Å². The maximum absolute atomic E-state index is 11.0. The van der Waals surface area contributed by atoms with Crippen LogP contribution in [0, 0.1) is 17.0 Å². The largest absolute Gasteiger partial charge is 0.312 e. The topological polar surface area (TPSA) is 73.3 Å². The highest BCUT2D eigenvalue weighted by molar-refractivity contribution is 7.07. The molecule has 0 amide bonds. The second kappa shape index (κ2) is 8.20. The van der Waals surface area contributed by atoms with Crippen molar-refractivity contribution in [1.29, 1.82) is 0 Å². The molecule has 2 heterocycles. The molecule has 0 fully saturated rings. The van der Waals surface area contributed by atoms with Crippen LogP contribution in [-0.4, -0.2) is 14.5 Å². The number of aryl methyl sites for hydroxylation is 1. The maximum Gasteiger partial charge on any atom is 0.269 e. The first kappa shape index (κ1) is 18.8. The lowest BCUT2D eigenvalue weighted by Crippen LogP contribution is -2.16. The van der Waals surface area contributed by atoms with Crippen LogP contribution < -0.4 is 4.80 Å². The van der Waals surface area contributed by atoms with Crippen molar-refractivity contribution in [3.63, 3.8) is 0 Å². The molecule has 6 nitrogen and oxygen atoms in total. The number of non-ortho nitro benzene ring substituents is 1. The molecular formula is C22H18N4O2S. The molecule has 0 bridgehead atoms. The summed E-state index contributed by atoms with van der Waals surface area (Å²) >= 11 is 1.54. The van der Waals surface area contributed by atoms with Gasteiger partial charge in [0.1, 0.15) is 0 Å². The number of hydrogen-bond acceptors (Lipinski definition) is 5.